The number of piperazine rings is 1. The van der Waals surface area contributed by atoms with Crippen molar-refractivity contribution in [3.63, 3.8) is 0 Å². The predicted molar refractivity (Wildman–Crippen MR) is 133 cm³/mol. The Labute approximate surface area is 199 Å². The highest BCUT2D eigenvalue weighted by Crippen LogP contribution is 2.31. The van der Waals surface area contributed by atoms with E-state index in [1.807, 2.05) is 41.0 Å². The summed E-state index contributed by atoms with van der Waals surface area (Å²) in [4.78, 5) is 42.1. The molecule has 4 rings (SSSR count). The summed E-state index contributed by atoms with van der Waals surface area (Å²) in [5, 5.41) is 14.5. The van der Waals surface area contributed by atoms with Crippen LogP contribution >= 0.6 is 0 Å². The van der Waals surface area contributed by atoms with Crippen molar-refractivity contribution in [3.05, 3.63) is 58.1 Å². The van der Waals surface area contributed by atoms with E-state index in [-0.39, 0.29) is 23.1 Å². The number of rotatable bonds is 6. The molecule has 2 aromatic rings. The molecule has 0 spiro atoms. The molecule has 0 aromatic heterocycles. The standard InChI is InChI=1S/C25H31N5O4/c1-2-24(31)29-16-14-27(15-17-29)21-9-7-20(8-10-21)26-25(32)19-6-11-22(23(18-19)30(33)34)28-12-4-3-5-13-28/h6-11,18H,2-5,12-17H2,1H3,(H,26,32). The van der Waals surface area contributed by atoms with Crippen LogP contribution < -0.4 is 15.1 Å². The third kappa shape index (κ3) is 5.30. The quantitative estimate of drug-likeness (QED) is 0.513. The van der Waals surface area contributed by atoms with Crippen molar-refractivity contribution < 1.29 is 14.5 Å². The van der Waals surface area contributed by atoms with E-state index in [1.165, 1.54) is 6.07 Å². The van der Waals surface area contributed by atoms with Crippen LogP contribution in [0.5, 0.6) is 0 Å². The summed E-state index contributed by atoms with van der Waals surface area (Å²) >= 11 is 0. The van der Waals surface area contributed by atoms with Crippen LogP contribution in [-0.2, 0) is 4.79 Å². The molecular formula is C25H31N5O4. The van der Waals surface area contributed by atoms with Gasteiger partial charge < -0.3 is 20.0 Å². The van der Waals surface area contributed by atoms with Crippen LogP contribution in [0, 0.1) is 10.1 Å². The summed E-state index contributed by atoms with van der Waals surface area (Å²) in [6, 6.07) is 12.2. The maximum absolute atomic E-state index is 12.8. The van der Waals surface area contributed by atoms with E-state index >= 15 is 0 Å². The van der Waals surface area contributed by atoms with E-state index in [2.05, 4.69) is 10.2 Å². The molecule has 0 bridgehead atoms. The van der Waals surface area contributed by atoms with Gasteiger partial charge in [0.1, 0.15) is 5.69 Å². The highest BCUT2D eigenvalue weighted by atomic mass is 16.6. The summed E-state index contributed by atoms with van der Waals surface area (Å²) in [5.41, 5.74) is 2.45. The van der Waals surface area contributed by atoms with Gasteiger partial charge in [0.25, 0.3) is 11.6 Å². The zero-order chi connectivity index (χ0) is 24.1. The Balaban J connectivity index is 1.40. The summed E-state index contributed by atoms with van der Waals surface area (Å²) in [5.74, 6) is -0.199. The molecule has 2 amide bonds. The molecule has 2 aliphatic rings. The molecule has 180 valence electrons. The number of hydrogen-bond donors (Lipinski definition) is 1. The van der Waals surface area contributed by atoms with E-state index in [9.17, 15) is 19.7 Å². The lowest BCUT2D eigenvalue weighted by atomic mass is 10.1. The number of piperidine rings is 1. The van der Waals surface area contributed by atoms with Crippen LogP contribution in [0.1, 0.15) is 43.0 Å². The summed E-state index contributed by atoms with van der Waals surface area (Å²) in [6.07, 6.45) is 3.70. The second-order valence-electron chi connectivity index (χ2n) is 8.73. The minimum atomic E-state index is -0.413. The molecule has 0 radical (unpaired) electrons. The molecule has 2 aliphatic heterocycles. The van der Waals surface area contributed by atoms with E-state index < -0.39 is 4.92 Å². The van der Waals surface area contributed by atoms with E-state index in [4.69, 9.17) is 0 Å². The number of nitrogens with zero attached hydrogens (tertiary/aromatic N) is 4. The highest BCUT2D eigenvalue weighted by Gasteiger charge is 2.23. The number of carbonyl (C=O) groups is 2. The number of carbonyl (C=O) groups excluding carboxylic acids is 2. The Hall–Kier alpha value is -3.62. The van der Waals surface area contributed by atoms with Crippen molar-refractivity contribution in [2.24, 2.45) is 0 Å². The average molecular weight is 466 g/mol. The SMILES string of the molecule is CCC(=O)N1CCN(c2ccc(NC(=O)c3ccc(N4CCCCC4)c([N+](=O)[O-])c3)cc2)CC1. The first-order chi connectivity index (χ1) is 16.5. The fourth-order valence-corrected chi connectivity index (χ4v) is 4.61. The maximum Gasteiger partial charge on any atom is 0.293 e. The van der Waals surface area contributed by atoms with Crippen LogP contribution in [0.15, 0.2) is 42.5 Å². The third-order valence-corrected chi connectivity index (χ3v) is 6.56. The van der Waals surface area contributed by atoms with Gasteiger partial charge >= 0.3 is 0 Å². The Morgan fingerprint density at radius 2 is 1.59 bits per heavy atom. The fourth-order valence-electron chi connectivity index (χ4n) is 4.61. The molecule has 34 heavy (non-hydrogen) atoms. The lowest BCUT2D eigenvalue weighted by Gasteiger charge is -2.36. The summed E-state index contributed by atoms with van der Waals surface area (Å²) < 4.78 is 0. The Kier molecular flexibility index (Phi) is 7.30. The minimum absolute atomic E-state index is 0.0365. The van der Waals surface area contributed by atoms with Crippen molar-refractivity contribution in [1.29, 1.82) is 0 Å². The Morgan fingerprint density at radius 3 is 2.21 bits per heavy atom. The second kappa shape index (κ2) is 10.5. The zero-order valence-electron chi connectivity index (χ0n) is 19.5. The van der Waals surface area contributed by atoms with Crippen LogP contribution in [0.25, 0.3) is 0 Å². The Bertz CT molecular complexity index is 1040. The number of anilines is 3. The highest BCUT2D eigenvalue weighted by molar-refractivity contribution is 6.05. The average Bonchev–Trinajstić information content (AvgIpc) is 2.89. The van der Waals surface area contributed by atoms with Gasteiger partial charge in [-0.2, -0.15) is 0 Å². The molecule has 2 heterocycles. The van der Waals surface area contributed by atoms with Crippen LogP contribution in [0.2, 0.25) is 0 Å². The van der Waals surface area contributed by atoms with Crippen molar-refractivity contribution >= 4 is 34.6 Å². The summed E-state index contributed by atoms with van der Waals surface area (Å²) in [7, 11) is 0. The first-order valence-electron chi connectivity index (χ1n) is 11.9. The van der Waals surface area contributed by atoms with Gasteiger partial charge in [0.15, 0.2) is 0 Å². The number of amides is 2. The van der Waals surface area contributed by atoms with Gasteiger partial charge in [0, 0.05) is 68.7 Å². The van der Waals surface area contributed by atoms with Gasteiger partial charge in [-0.05, 0) is 55.7 Å². The summed E-state index contributed by atoms with van der Waals surface area (Å²) in [6.45, 7) is 6.41. The fraction of sp³-hybridized carbons (Fsp3) is 0.440. The molecule has 1 N–H and O–H groups in total. The largest absolute Gasteiger partial charge is 0.368 e. The van der Waals surface area contributed by atoms with Crippen molar-refractivity contribution in [3.8, 4) is 0 Å². The number of nitrogens with one attached hydrogen (secondary N) is 1. The molecule has 2 fully saturated rings. The van der Waals surface area contributed by atoms with Crippen LogP contribution in [-0.4, -0.2) is 60.9 Å². The molecule has 0 unspecified atom stereocenters. The first-order valence-corrected chi connectivity index (χ1v) is 11.9. The Morgan fingerprint density at radius 1 is 0.912 bits per heavy atom. The van der Waals surface area contributed by atoms with E-state index in [1.54, 1.807) is 12.1 Å². The van der Waals surface area contributed by atoms with Gasteiger partial charge in [-0.15, -0.1) is 0 Å². The topological polar surface area (TPSA) is 99.0 Å². The molecule has 2 saturated heterocycles. The number of hydrogen-bond acceptors (Lipinski definition) is 6. The van der Waals surface area contributed by atoms with Gasteiger partial charge in [0.05, 0.1) is 4.92 Å². The monoisotopic (exact) mass is 465 g/mol. The van der Waals surface area contributed by atoms with Gasteiger partial charge in [-0.1, -0.05) is 6.92 Å². The molecular weight excluding hydrogens is 434 g/mol. The predicted octanol–water partition coefficient (Wildman–Crippen LogP) is 3.90. The van der Waals surface area contributed by atoms with Crippen molar-refractivity contribution in [2.45, 2.75) is 32.6 Å². The van der Waals surface area contributed by atoms with Gasteiger partial charge in [-0.25, -0.2) is 0 Å². The molecule has 9 nitrogen and oxygen atoms in total. The number of nitro groups is 1. The molecule has 0 atom stereocenters. The molecule has 0 aliphatic carbocycles. The van der Waals surface area contributed by atoms with Gasteiger partial charge in [-0.3, -0.25) is 19.7 Å². The zero-order valence-corrected chi connectivity index (χ0v) is 19.5. The van der Waals surface area contributed by atoms with Crippen LogP contribution in [0.4, 0.5) is 22.7 Å². The lowest BCUT2D eigenvalue weighted by Crippen LogP contribution is -2.48. The third-order valence-electron chi connectivity index (χ3n) is 6.56. The van der Waals surface area contributed by atoms with Crippen LogP contribution in [0.3, 0.4) is 0 Å². The number of nitro benzene ring substituents is 1. The first kappa shape index (κ1) is 23.5. The van der Waals surface area contributed by atoms with Crippen molar-refractivity contribution in [1.82, 2.24) is 4.90 Å². The van der Waals surface area contributed by atoms with Crippen molar-refractivity contribution in [2.75, 3.05) is 54.4 Å². The molecule has 9 heteroatoms. The smallest absolute Gasteiger partial charge is 0.293 e. The normalized spacial score (nSPS) is 16.3. The van der Waals surface area contributed by atoms with E-state index in [0.29, 0.717) is 30.9 Å². The van der Waals surface area contributed by atoms with Gasteiger partial charge in [0.2, 0.25) is 5.91 Å². The van der Waals surface area contributed by atoms with E-state index in [0.717, 1.165) is 51.1 Å². The molecule has 0 saturated carbocycles. The second-order valence-corrected chi connectivity index (χ2v) is 8.73. The molecule has 2 aromatic carbocycles. The number of benzene rings is 2. The maximum atomic E-state index is 12.8. The lowest BCUT2D eigenvalue weighted by molar-refractivity contribution is -0.384. The minimum Gasteiger partial charge on any atom is -0.368 e.